The summed E-state index contributed by atoms with van der Waals surface area (Å²) in [5.74, 6) is 0.449. The second-order valence-corrected chi connectivity index (χ2v) is 6.83. The van der Waals surface area contributed by atoms with Crippen molar-refractivity contribution in [2.75, 3.05) is 23.7 Å². The van der Waals surface area contributed by atoms with Crippen molar-refractivity contribution >= 4 is 28.5 Å². The molecule has 0 saturated carbocycles. The normalized spacial score (nSPS) is 22.9. The Kier molecular flexibility index (Phi) is 4.66. The fraction of sp³-hybridized carbons (Fsp3) is 0.500. The molecule has 0 spiro atoms. The third-order valence-electron chi connectivity index (χ3n) is 4.31. The van der Waals surface area contributed by atoms with Gasteiger partial charge in [0.05, 0.1) is 11.7 Å². The first kappa shape index (κ1) is 15.3. The second-order valence-electron chi connectivity index (χ2n) is 5.73. The number of carbonyl (C=O) groups excluding carboxylic acids is 2. The van der Waals surface area contributed by atoms with Crippen LogP contribution in [0.15, 0.2) is 24.3 Å². The van der Waals surface area contributed by atoms with Crippen molar-refractivity contribution in [2.24, 2.45) is 5.92 Å². The molecule has 0 aliphatic carbocycles. The number of piperidine rings is 1. The lowest BCUT2D eigenvalue weighted by atomic mass is 9.95. The summed E-state index contributed by atoms with van der Waals surface area (Å²) in [5.41, 5.74) is 0.601. The Morgan fingerprint density at radius 3 is 2.59 bits per heavy atom. The lowest BCUT2D eigenvalue weighted by Crippen LogP contribution is -2.45. The Balaban J connectivity index is 1.54. The Hall–Kier alpha value is -1.56. The van der Waals surface area contributed by atoms with Gasteiger partial charge in [-0.25, -0.2) is 4.39 Å². The minimum Gasteiger partial charge on any atom is -0.369 e. The zero-order valence-corrected chi connectivity index (χ0v) is 13.1. The van der Waals surface area contributed by atoms with E-state index in [0.717, 1.165) is 12.2 Å². The van der Waals surface area contributed by atoms with Gasteiger partial charge in [0.1, 0.15) is 5.82 Å². The minimum absolute atomic E-state index is 0.0333. The summed E-state index contributed by atoms with van der Waals surface area (Å²) in [6.45, 7) is 1.32. The van der Waals surface area contributed by atoms with Crippen LogP contribution in [0.2, 0.25) is 0 Å². The molecule has 1 unspecified atom stereocenters. The SMILES string of the molecule is O=C(NC1CCSC1=O)C1CCN(c2ccccc2F)CC1. The van der Waals surface area contributed by atoms with Gasteiger partial charge in [0.2, 0.25) is 11.0 Å². The highest BCUT2D eigenvalue weighted by Crippen LogP contribution is 2.26. The monoisotopic (exact) mass is 322 g/mol. The summed E-state index contributed by atoms with van der Waals surface area (Å²) in [7, 11) is 0. The van der Waals surface area contributed by atoms with E-state index in [2.05, 4.69) is 5.32 Å². The number of rotatable bonds is 3. The van der Waals surface area contributed by atoms with E-state index in [-0.39, 0.29) is 28.8 Å². The third kappa shape index (κ3) is 3.27. The molecular weight excluding hydrogens is 303 g/mol. The van der Waals surface area contributed by atoms with Gasteiger partial charge in [0.15, 0.2) is 0 Å². The molecule has 3 rings (SSSR count). The van der Waals surface area contributed by atoms with Crippen LogP contribution in [0.5, 0.6) is 0 Å². The maximum absolute atomic E-state index is 13.8. The molecule has 1 aromatic carbocycles. The molecule has 2 fully saturated rings. The van der Waals surface area contributed by atoms with Crippen molar-refractivity contribution in [3.8, 4) is 0 Å². The first-order valence-corrected chi connectivity index (χ1v) is 8.60. The molecule has 2 aliphatic heterocycles. The van der Waals surface area contributed by atoms with Gasteiger partial charge in [-0.05, 0) is 31.4 Å². The zero-order valence-electron chi connectivity index (χ0n) is 12.3. The molecular formula is C16H19FN2O2S. The summed E-state index contributed by atoms with van der Waals surface area (Å²) < 4.78 is 13.8. The van der Waals surface area contributed by atoms with Gasteiger partial charge >= 0.3 is 0 Å². The molecule has 22 heavy (non-hydrogen) atoms. The number of carbonyl (C=O) groups is 2. The summed E-state index contributed by atoms with van der Waals surface area (Å²) in [6.07, 6.45) is 2.10. The van der Waals surface area contributed by atoms with Gasteiger partial charge in [0.25, 0.3) is 0 Å². The van der Waals surface area contributed by atoms with Crippen molar-refractivity contribution in [3.63, 3.8) is 0 Å². The summed E-state index contributed by atoms with van der Waals surface area (Å²) >= 11 is 1.29. The number of nitrogens with zero attached hydrogens (tertiary/aromatic N) is 1. The molecule has 2 aliphatic rings. The molecule has 1 amide bonds. The van der Waals surface area contributed by atoms with Crippen molar-refractivity contribution in [1.82, 2.24) is 5.32 Å². The second kappa shape index (κ2) is 6.69. The maximum Gasteiger partial charge on any atom is 0.223 e. The molecule has 4 nitrogen and oxygen atoms in total. The van der Waals surface area contributed by atoms with Crippen LogP contribution in [0.4, 0.5) is 10.1 Å². The Morgan fingerprint density at radius 2 is 1.95 bits per heavy atom. The van der Waals surface area contributed by atoms with Crippen LogP contribution >= 0.6 is 11.8 Å². The van der Waals surface area contributed by atoms with E-state index in [1.807, 2.05) is 11.0 Å². The van der Waals surface area contributed by atoms with Gasteiger partial charge in [-0.3, -0.25) is 9.59 Å². The van der Waals surface area contributed by atoms with Gasteiger partial charge in [-0.2, -0.15) is 0 Å². The molecule has 1 aromatic rings. The smallest absolute Gasteiger partial charge is 0.223 e. The number of nitrogens with one attached hydrogen (secondary N) is 1. The van der Waals surface area contributed by atoms with Crippen LogP contribution < -0.4 is 10.2 Å². The van der Waals surface area contributed by atoms with Crippen LogP contribution in [0.25, 0.3) is 0 Å². The number of para-hydroxylation sites is 1. The van der Waals surface area contributed by atoms with Crippen LogP contribution in [0.1, 0.15) is 19.3 Å². The molecule has 0 bridgehead atoms. The van der Waals surface area contributed by atoms with Crippen LogP contribution in [-0.4, -0.2) is 35.9 Å². The topological polar surface area (TPSA) is 49.4 Å². The van der Waals surface area contributed by atoms with Crippen molar-refractivity contribution in [3.05, 3.63) is 30.1 Å². The van der Waals surface area contributed by atoms with E-state index in [4.69, 9.17) is 0 Å². The molecule has 118 valence electrons. The number of halogens is 1. The van der Waals surface area contributed by atoms with Gasteiger partial charge in [-0.15, -0.1) is 0 Å². The quantitative estimate of drug-likeness (QED) is 0.927. The van der Waals surface area contributed by atoms with Crippen molar-refractivity contribution in [1.29, 1.82) is 0 Å². The molecule has 2 saturated heterocycles. The zero-order chi connectivity index (χ0) is 15.5. The fourth-order valence-corrected chi connectivity index (χ4v) is 3.94. The fourth-order valence-electron chi connectivity index (χ4n) is 3.01. The number of hydrogen-bond acceptors (Lipinski definition) is 4. The summed E-state index contributed by atoms with van der Waals surface area (Å²) in [6, 6.07) is 6.40. The Bertz CT molecular complexity index is 573. The van der Waals surface area contributed by atoms with Crippen LogP contribution in [0, 0.1) is 11.7 Å². The molecule has 0 aromatic heterocycles. The number of amides is 1. The van der Waals surface area contributed by atoms with E-state index in [9.17, 15) is 14.0 Å². The maximum atomic E-state index is 13.8. The summed E-state index contributed by atoms with van der Waals surface area (Å²) in [4.78, 5) is 25.8. The predicted octanol–water partition coefficient (Wildman–Crippen LogP) is 2.19. The first-order valence-electron chi connectivity index (χ1n) is 7.61. The first-order chi connectivity index (χ1) is 10.6. The average Bonchev–Trinajstić information content (AvgIpc) is 2.93. The van der Waals surface area contributed by atoms with E-state index in [1.165, 1.54) is 17.8 Å². The Morgan fingerprint density at radius 1 is 1.23 bits per heavy atom. The molecule has 2 heterocycles. The number of thioether (sulfide) groups is 1. The molecule has 6 heteroatoms. The highest BCUT2D eigenvalue weighted by atomic mass is 32.2. The molecule has 0 radical (unpaired) electrons. The van der Waals surface area contributed by atoms with Crippen LogP contribution in [-0.2, 0) is 9.59 Å². The highest BCUT2D eigenvalue weighted by Gasteiger charge is 2.31. The van der Waals surface area contributed by atoms with Gasteiger partial charge in [-0.1, -0.05) is 23.9 Å². The average molecular weight is 322 g/mol. The number of benzene rings is 1. The third-order valence-corrected chi connectivity index (χ3v) is 5.32. The molecule has 1 N–H and O–H groups in total. The van der Waals surface area contributed by atoms with Gasteiger partial charge < -0.3 is 10.2 Å². The van der Waals surface area contributed by atoms with E-state index in [1.54, 1.807) is 12.1 Å². The number of anilines is 1. The standard InChI is InChI=1S/C16H19FN2O2S/c17-12-3-1-2-4-14(12)19-8-5-11(6-9-19)15(20)18-13-7-10-22-16(13)21/h1-4,11,13H,5-10H2,(H,18,20). The minimum atomic E-state index is -0.318. The van der Waals surface area contributed by atoms with Gasteiger partial charge in [0, 0.05) is 24.8 Å². The summed E-state index contributed by atoms with van der Waals surface area (Å²) in [5, 5.41) is 2.93. The Labute approximate surface area is 133 Å². The van der Waals surface area contributed by atoms with E-state index in [0.29, 0.717) is 31.6 Å². The van der Waals surface area contributed by atoms with E-state index < -0.39 is 0 Å². The largest absolute Gasteiger partial charge is 0.369 e. The predicted molar refractivity (Wildman–Crippen MR) is 85.3 cm³/mol. The van der Waals surface area contributed by atoms with E-state index >= 15 is 0 Å². The lowest BCUT2D eigenvalue weighted by Gasteiger charge is -2.33. The lowest BCUT2D eigenvalue weighted by molar-refractivity contribution is -0.128. The molecule has 1 atom stereocenters. The van der Waals surface area contributed by atoms with Crippen molar-refractivity contribution < 1.29 is 14.0 Å². The van der Waals surface area contributed by atoms with Crippen molar-refractivity contribution in [2.45, 2.75) is 25.3 Å². The van der Waals surface area contributed by atoms with Crippen LogP contribution in [0.3, 0.4) is 0 Å². The number of hydrogen-bond donors (Lipinski definition) is 1. The highest BCUT2D eigenvalue weighted by molar-refractivity contribution is 8.14.